The number of ether oxygens (including phenoxy) is 1. The fourth-order valence-corrected chi connectivity index (χ4v) is 3.96. The topological polar surface area (TPSA) is 92.8 Å². The predicted molar refractivity (Wildman–Crippen MR) is 93.0 cm³/mol. The third-order valence-corrected chi connectivity index (χ3v) is 6.07. The third-order valence-electron chi connectivity index (χ3n) is 4.18. The highest BCUT2D eigenvalue weighted by molar-refractivity contribution is 7.89. The molecule has 1 aliphatic heterocycles. The Balaban J connectivity index is 2.06. The molecule has 138 valence electrons. The highest BCUT2D eigenvalue weighted by Crippen LogP contribution is 2.23. The summed E-state index contributed by atoms with van der Waals surface area (Å²) in [6, 6.07) is 3.91. The lowest BCUT2D eigenvalue weighted by Crippen LogP contribution is -2.44. The number of rotatable bonds is 5. The van der Waals surface area contributed by atoms with E-state index in [-0.39, 0.29) is 34.0 Å². The van der Waals surface area contributed by atoms with Gasteiger partial charge in [0.25, 0.3) is 5.91 Å². The summed E-state index contributed by atoms with van der Waals surface area (Å²) in [4.78, 5) is 25.8. The Morgan fingerprint density at radius 2 is 2.08 bits per heavy atom. The number of piperidine rings is 1. The minimum Gasteiger partial charge on any atom is -0.452 e. The summed E-state index contributed by atoms with van der Waals surface area (Å²) in [6.07, 6.45) is 2.95. The van der Waals surface area contributed by atoms with Crippen molar-refractivity contribution in [1.82, 2.24) is 9.62 Å². The van der Waals surface area contributed by atoms with Crippen LogP contribution in [-0.4, -0.2) is 51.4 Å². The lowest BCUT2D eigenvalue weighted by atomic mass is 10.0. The van der Waals surface area contributed by atoms with Gasteiger partial charge in [0.05, 0.1) is 10.6 Å². The standard InChI is InChI=1S/C16H21ClN2O5S/c1-11-5-3-4-8-19(11)15(20)10-24-16(21)12-6-7-13(17)14(9-12)25(22,23)18-2/h6-7,9,11,18H,3-5,8,10H2,1-2H3/t11-/m0/s1. The third kappa shape index (κ3) is 4.71. The SMILES string of the molecule is CNS(=O)(=O)c1cc(C(=O)OCC(=O)N2CCCC[C@@H]2C)ccc1Cl. The molecule has 0 unspecified atom stereocenters. The maximum absolute atomic E-state index is 12.2. The van der Waals surface area contributed by atoms with Gasteiger partial charge < -0.3 is 9.64 Å². The van der Waals surface area contributed by atoms with Crippen LogP contribution in [0.15, 0.2) is 23.1 Å². The molecule has 2 rings (SSSR count). The first-order valence-electron chi connectivity index (χ1n) is 7.96. The fraction of sp³-hybridized carbons (Fsp3) is 0.500. The molecule has 1 amide bonds. The average molecular weight is 389 g/mol. The van der Waals surface area contributed by atoms with E-state index in [0.29, 0.717) is 6.54 Å². The smallest absolute Gasteiger partial charge is 0.338 e. The van der Waals surface area contributed by atoms with Gasteiger partial charge in [0.1, 0.15) is 4.90 Å². The minimum atomic E-state index is -3.81. The average Bonchev–Trinajstić information content (AvgIpc) is 2.60. The van der Waals surface area contributed by atoms with Crippen LogP contribution < -0.4 is 4.72 Å². The van der Waals surface area contributed by atoms with Gasteiger partial charge in [-0.1, -0.05) is 11.6 Å². The Hall–Kier alpha value is -1.64. The van der Waals surface area contributed by atoms with Crippen molar-refractivity contribution in [1.29, 1.82) is 0 Å². The van der Waals surface area contributed by atoms with Gasteiger partial charge in [-0.3, -0.25) is 4.79 Å². The summed E-state index contributed by atoms with van der Waals surface area (Å²) in [7, 11) is -2.56. The Bertz CT molecular complexity index is 766. The monoisotopic (exact) mass is 388 g/mol. The number of amides is 1. The second-order valence-electron chi connectivity index (χ2n) is 5.86. The Morgan fingerprint density at radius 3 is 2.72 bits per heavy atom. The van der Waals surface area contributed by atoms with Crippen molar-refractivity contribution in [3.63, 3.8) is 0 Å². The van der Waals surface area contributed by atoms with E-state index in [1.54, 1.807) is 4.90 Å². The summed E-state index contributed by atoms with van der Waals surface area (Å²) >= 11 is 5.88. The number of halogens is 1. The van der Waals surface area contributed by atoms with Gasteiger partial charge in [0.2, 0.25) is 10.0 Å². The molecule has 1 aromatic carbocycles. The molecule has 0 spiro atoms. The van der Waals surface area contributed by atoms with Crippen molar-refractivity contribution >= 4 is 33.5 Å². The van der Waals surface area contributed by atoms with E-state index in [4.69, 9.17) is 16.3 Å². The number of benzene rings is 1. The van der Waals surface area contributed by atoms with Gasteiger partial charge >= 0.3 is 5.97 Å². The van der Waals surface area contributed by atoms with Gasteiger partial charge in [-0.05, 0) is 51.4 Å². The van der Waals surface area contributed by atoms with Crippen LogP contribution >= 0.6 is 11.6 Å². The molecule has 9 heteroatoms. The van der Waals surface area contributed by atoms with Crippen molar-refractivity contribution < 1.29 is 22.7 Å². The van der Waals surface area contributed by atoms with Crippen LogP contribution in [0.1, 0.15) is 36.5 Å². The Labute approximate surface area is 152 Å². The van der Waals surface area contributed by atoms with Crippen LogP contribution in [0.2, 0.25) is 5.02 Å². The summed E-state index contributed by atoms with van der Waals surface area (Å²) in [5.41, 5.74) is 0.0118. The molecule has 25 heavy (non-hydrogen) atoms. The first-order chi connectivity index (χ1) is 11.8. The van der Waals surface area contributed by atoms with Crippen LogP contribution in [0.5, 0.6) is 0 Å². The van der Waals surface area contributed by atoms with E-state index in [1.807, 2.05) is 6.92 Å². The number of esters is 1. The second-order valence-corrected chi connectivity index (χ2v) is 8.12. The summed E-state index contributed by atoms with van der Waals surface area (Å²) in [6.45, 7) is 2.25. The zero-order chi connectivity index (χ0) is 18.6. The highest BCUT2D eigenvalue weighted by atomic mass is 35.5. The molecule has 0 bridgehead atoms. The molecule has 0 aliphatic carbocycles. The Morgan fingerprint density at radius 1 is 1.36 bits per heavy atom. The summed E-state index contributed by atoms with van der Waals surface area (Å²) < 4.78 is 31.0. The molecule has 7 nitrogen and oxygen atoms in total. The normalized spacial score (nSPS) is 18.0. The van der Waals surface area contributed by atoms with Crippen LogP contribution in [0, 0.1) is 0 Å². The molecule has 1 fully saturated rings. The van der Waals surface area contributed by atoms with E-state index >= 15 is 0 Å². The van der Waals surface area contributed by atoms with Gasteiger partial charge in [-0.2, -0.15) is 0 Å². The first-order valence-corrected chi connectivity index (χ1v) is 9.82. The van der Waals surface area contributed by atoms with Crippen molar-refractivity contribution in [2.75, 3.05) is 20.2 Å². The second kappa shape index (κ2) is 8.16. The van der Waals surface area contributed by atoms with E-state index < -0.39 is 16.0 Å². The number of nitrogens with zero attached hydrogens (tertiary/aromatic N) is 1. The van der Waals surface area contributed by atoms with Crippen LogP contribution in [0.4, 0.5) is 0 Å². The van der Waals surface area contributed by atoms with E-state index in [0.717, 1.165) is 25.3 Å². The molecule has 1 saturated heterocycles. The molecule has 0 saturated carbocycles. The molecule has 1 aliphatic rings. The molecule has 1 atom stereocenters. The van der Waals surface area contributed by atoms with Crippen LogP contribution in [0.3, 0.4) is 0 Å². The highest BCUT2D eigenvalue weighted by Gasteiger charge is 2.25. The van der Waals surface area contributed by atoms with Crippen molar-refractivity contribution in [2.45, 2.75) is 37.1 Å². The number of carbonyl (C=O) groups excluding carboxylic acids is 2. The molecule has 1 aromatic rings. The van der Waals surface area contributed by atoms with Crippen molar-refractivity contribution in [2.24, 2.45) is 0 Å². The van der Waals surface area contributed by atoms with Gasteiger partial charge in [0, 0.05) is 12.6 Å². The largest absolute Gasteiger partial charge is 0.452 e. The lowest BCUT2D eigenvalue weighted by molar-refractivity contribution is -0.137. The summed E-state index contributed by atoms with van der Waals surface area (Å²) in [5, 5.41) is -0.0101. The first kappa shape index (κ1) is 19.7. The van der Waals surface area contributed by atoms with Crippen molar-refractivity contribution in [3.05, 3.63) is 28.8 Å². The number of hydrogen-bond acceptors (Lipinski definition) is 5. The maximum atomic E-state index is 12.2. The minimum absolute atomic E-state index is 0.0101. The maximum Gasteiger partial charge on any atom is 0.338 e. The van der Waals surface area contributed by atoms with E-state index in [9.17, 15) is 18.0 Å². The van der Waals surface area contributed by atoms with E-state index in [2.05, 4.69) is 4.72 Å². The van der Waals surface area contributed by atoms with E-state index in [1.165, 1.54) is 19.2 Å². The van der Waals surface area contributed by atoms with Crippen molar-refractivity contribution in [3.8, 4) is 0 Å². The number of sulfonamides is 1. The number of hydrogen-bond donors (Lipinski definition) is 1. The molecule has 0 aromatic heterocycles. The van der Waals surface area contributed by atoms with Gasteiger partial charge in [-0.15, -0.1) is 0 Å². The summed E-state index contributed by atoms with van der Waals surface area (Å²) in [5.74, 6) is -1.03. The predicted octanol–water partition coefficient (Wildman–Crippen LogP) is 1.81. The molecule has 0 radical (unpaired) electrons. The fourth-order valence-electron chi connectivity index (χ4n) is 2.71. The quantitative estimate of drug-likeness (QED) is 0.776. The van der Waals surface area contributed by atoms with Gasteiger partial charge in [0.15, 0.2) is 6.61 Å². The van der Waals surface area contributed by atoms with Gasteiger partial charge in [-0.25, -0.2) is 17.9 Å². The molecular formula is C16H21ClN2O5S. The zero-order valence-electron chi connectivity index (χ0n) is 14.1. The zero-order valence-corrected chi connectivity index (χ0v) is 15.7. The van der Waals surface area contributed by atoms with Crippen LogP contribution in [-0.2, 0) is 19.6 Å². The molecule has 1 N–H and O–H groups in total. The molecule has 1 heterocycles. The number of carbonyl (C=O) groups is 2. The molecular weight excluding hydrogens is 368 g/mol. The number of nitrogens with one attached hydrogen (secondary N) is 1. The van der Waals surface area contributed by atoms with Crippen LogP contribution in [0.25, 0.3) is 0 Å². The lowest BCUT2D eigenvalue weighted by Gasteiger charge is -2.33. The number of likely N-dealkylation sites (tertiary alicyclic amines) is 1. The Kier molecular flexibility index (Phi) is 6.42.